The number of amides is 1. The van der Waals surface area contributed by atoms with Crippen LogP contribution < -0.4 is 20.5 Å². The van der Waals surface area contributed by atoms with Crippen LogP contribution in [0.15, 0.2) is 18.2 Å². The molecule has 0 saturated heterocycles. The second-order valence-corrected chi connectivity index (χ2v) is 5.18. The SMILES string of the molecule is COc1ccc(OC(F)F)c(NC(=O)CC2(N)CCC2)c1. The lowest BCUT2D eigenvalue weighted by Gasteiger charge is -2.37. The van der Waals surface area contributed by atoms with Crippen molar-refractivity contribution in [2.45, 2.75) is 37.8 Å². The molecule has 1 fully saturated rings. The molecule has 116 valence electrons. The standard InChI is InChI=1S/C14H18F2N2O3/c1-20-9-3-4-11(21-13(15)16)10(7-9)18-12(19)8-14(17)5-2-6-14/h3-4,7,13H,2,5-6,8,17H2,1H3,(H,18,19). The molecule has 1 saturated carbocycles. The summed E-state index contributed by atoms with van der Waals surface area (Å²) in [6.07, 6.45) is 2.73. The maximum Gasteiger partial charge on any atom is 0.387 e. The third-order valence-corrected chi connectivity index (χ3v) is 3.54. The van der Waals surface area contributed by atoms with Crippen molar-refractivity contribution >= 4 is 11.6 Å². The van der Waals surface area contributed by atoms with E-state index in [4.69, 9.17) is 10.5 Å². The van der Waals surface area contributed by atoms with Gasteiger partial charge in [0, 0.05) is 18.0 Å². The van der Waals surface area contributed by atoms with Crippen LogP contribution in [-0.4, -0.2) is 25.2 Å². The Labute approximate surface area is 121 Å². The van der Waals surface area contributed by atoms with Gasteiger partial charge in [0.15, 0.2) is 0 Å². The van der Waals surface area contributed by atoms with Gasteiger partial charge < -0.3 is 20.5 Å². The van der Waals surface area contributed by atoms with E-state index in [9.17, 15) is 13.6 Å². The van der Waals surface area contributed by atoms with Gasteiger partial charge in [-0.2, -0.15) is 8.78 Å². The molecule has 0 spiro atoms. The zero-order chi connectivity index (χ0) is 15.5. The molecule has 0 heterocycles. The molecule has 7 heteroatoms. The lowest BCUT2D eigenvalue weighted by molar-refractivity contribution is -0.118. The van der Waals surface area contributed by atoms with E-state index in [-0.39, 0.29) is 23.8 Å². The third kappa shape index (κ3) is 4.04. The topological polar surface area (TPSA) is 73.6 Å². The molecule has 2 rings (SSSR count). The van der Waals surface area contributed by atoms with E-state index in [0.29, 0.717) is 5.75 Å². The highest BCUT2D eigenvalue weighted by Gasteiger charge is 2.34. The van der Waals surface area contributed by atoms with Crippen molar-refractivity contribution in [3.63, 3.8) is 0 Å². The fourth-order valence-corrected chi connectivity index (χ4v) is 2.25. The molecule has 1 aliphatic rings. The van der Waals surface area contributed by atoms with Gasteiger partial charge in [0.2, 0.25) is 5.91 Å². The number of anilines is 1. The molecule has 0 radical (unpaired) electrons. The Morgan fingerprint density at radius 2 is 2.19 bits per heavy atom. The van der Waals surface area contributed by atoms with E-state index in [0.717, 1.165) is 19.3 Å². The molecule has 0 aliphatic heterocycles. The first-order chi connectivity index (χ1) is 9.92. The van der Waals surface area contributed by atoms with Crippen LogP contribution in [0.3, 0.4) is 0 Å². The Bertz CT molecular complexity index is 519. The molecule has 1 aromatic rings. The number of rotatable bonds is 6. The number of nitrogens with one attached hydrogen (secondary N) is 1. The van der Waals surface area contributed by atoms with Crippen LogP contribution in [0.1, 0.15) is 25.7 Å². The summed E-state index contributed by atoms with van der Waals surface area (Å²) in [4.78, 5) is 12.0. The number of hydrogen-bond acceptors (Lipinski definition) is 4. The number of benzene rings is 1. The highest BCUT2D eigenvalue weighted by molar-refractivity contribution is 5.93. The number of hydrogen-bond donors (Lipinski definition) is 2. The number of nitrogens with two attached hydrogens (primary N) is 1. The number of alkyl halides is 2. The summed E-state index contributed by atoms with van der Waals surface area (Å²) in [6.45, 7) is -2.97. The zero-order valence-electron chi connectivity index (χ0n) is 11.7. The van der Waals surface area contributed by atoms with E-state index in [2.05, 4.69) is 10.1 Å². The van der Waals surface area contributed by atoms with Gasteiger partial charge in [-0.15, -0.1) is 0 Å². The number of methoxy groups -OCH3 is 1. The normalized spacial score (nSPS) is 16.2. The van der Waals surface area contributed by atoms with Crippen molar-refractivity contribution in [3.8, 4) is 11.5 Å². The summed E-state index contributed by atoms with van der Waals surface area (Å²) in [5.74, 6) is -0.0126. The fraction of sp³-hybridized carbons (Fsp3) is 0.500. The van der Waals surface area contributed by atoms with Crippen LogP contribution in [-0.2, 0) is 4.79 Å². The van der Waals surface area contributed by atoms with Crippen LogP contribution in [0.25, 0.3) is 0 Å². The lowest BCUT2D eigenvalue weighted by Crippen LogP contribution is -2.48. The predicted octanol–water partition coefficient (Wildman–Crippen LogP) is 2.51. The monoisotopic (exact) mass is 300 g/mol. The highest BCUT2D eigenvalue weighted by Crippen LogP contribution is 2.34. The maximum atomic E-state index is 12.4. The van der Waals surface area contributed by atoms with Gasteiger partial charge in [-0.25, -0.2) is 0 Å². The molecular formula is C14H18F2N2O3. The first-order valence-corrected chi connectivity index (χ1v) is 6.63. The van der Waals surface area contributed by atoms with Crippen LogP contribution >= 0.6 is 0 Å². The van der Waals surface area contributed by atoms with Gasteiger partial charge in [0.1, 0.15) is 11.5 Å². The molecule has 0 unspecified atom stereocenters. The second kappa shape index (κ2) is 6.26. The quantitative estimate of drug-likeness (QED) is 0.846. The van der Waals surface area contributed by atoms with Crippen LogP contribution in [0.4, 0.5) is 14.5 Å². The van der Waals surface area contributed by atoms with E-state index < -0.39 is 12.2 Å². The molecule has 0 aromatic heterocycles. The van der Waals surface area contributed by atoms with Crippen molar-refractivity contribution in [2.75, 3.05) is 12.4 Å². The van der Waals surface area contributed by atoms with Gasteiger partial charge >= 0.3 is 6.61 Å². The average molecular weight is 300 g/mol. The van der Waals surface area contributed by atoms with Crippen molar-refractivity contribution in [1.29, 1.82) is 0 Å². The minimum absolute atomic E-state index is 0.112. The Morgan fingerprint density at radius 1 is 1.48 bits per heavy atom. The van der Waals surface area contributed by atoms with Crippen molar-refractivity contribution in [2.24, 2.45) is 5.73 Å². The maximum absolute atomic E-state index is 12.4. The molecule has 0 bridgehead atoms. The van der Waals surface area contributed by atoms with E-state index in [1.807, 2.05) is 0 Å². The Hall–Kier alpha value is -1.89. The van der Waals surface area contributed by atoms with E-state index in [1.54, 1.807) is 0 Å². The van der Waals surface area contributed by atoms with E-state index >= 15 is 0 Å². The first-order valence-electron chi connectivity index (χ1n) is 6.63. The third-order valence-electron chi connectivity index (χ3n) is 3.54. The minimum atomic E-state index is -2.97. The summed E-state index contributed by atoms with van der Waals surface area (Å²) in [6, 6.07) is 4.23. The Morgan fingerprint density at radius 3 is 2.71 bits per heavy atom. The summed E-state index contributed by atoms with van der Waals surface area (Å²) in [7, 11) is 1.44. The number of carbonyl (C=O) groups excluding carboxylic acids is 1. The first kappa shape index (κ1) is 15.5. The van der Waals surface area contributed by atoms with Crippen molar-refractivity contribution in [3.05, 3.63) is 18.2 Å². The van der Waals surface area contributed by atoms with Gasteiger partial charge in [0.25, 0.3) is 0 Å². The largest absolute Gasteiger partial charge is 0.497 e. The number of carbonyl (C=O) groups is 1. The van der Waals surface area contributed by atoms with Crippen LogP contribution in [0.2, 0.25) is 0 Å². The molecule has 3 N–H and O–H groups in total. The number of ether oxygens (including phenoxy) is 2. The molecule has 5 nitrogen and oxygen atoms in total. The molecule has 1 aromatic carbocycles. The molecule has 0 atom stereocenters. The summed E-state index contributed by atoms with van der Waals surface area (Å²) >= 11 is 0. The summed E-state index contributed by atoms with van der Waals surface area (Å²) in [5.41, 5.74) is 5.66. The van der Waals surface area contributed by atoms with E-state index in [1.165, 1.54) is 25.3 Å². The summed E-state index contributed by atoms with van der Waals surface area (Å²) < 4.78 is 34.1. The second-order valence-electron chi connectivity index (χ2n) is 5.18. The van der Waals surface area contributed by atoms with Crippen LogP contribution in [0, 0.1) is 0 Å². The van der Waals surface area contributed by atoms with Gasteiger partial charge in [0.05, 0.1) is 12.8 Å². The Balaban J connectivity index is 2.10. The van der Waals surface area contributed by atoms with Gasteiger partial charge in [-0.05, 0) is 31.4 Å². The predicted molar refractivity (Wildman–Crippen MR) is 73.6 cm³/mol. The highest BCUT2D eigenvalue weighted by atomic mass is 19.3. The average Bonchev–Trinajstić information content (AvgIpc) is 2.38. The van der Waals surface area contributed by atoms with Crippen molar-refractivity contribution in [1.82, 2.24) is 0 Å². The minimum Gasteiger partial charge on any atom is -0.497 e. The van der Waals surface area contributed by atoms with Gasteiger partial charge in [-0.3, -0.25) is 4.79 Å². The molecular weight excluding hydrogens is 282 g/mol. The Kier molecular flexibility index (Phi) is 4.62. The zero-order valence-corrected chi connectivity index (χ0v) is 11.7. The van der Waals surface area contributed by atoms with Crippen molar-refractivity contribution < 1.29 is 23.0 Å². The summed E-state index contributed by atoms with van der Waals surface area (Å²) in [5, 5.41) is 2.56. The fourth-order valence-electron chi connectivity index (χ4n) is 2.25. The number of halogens is 2. The molecule has 21 heavy (non-hydrogen) atoms. The molecule has 1 aliphatic carbocycles. The lowest BCUT2D eigenvalue weighted by atomic mass is 9.75. The molecule has 1 amide bonds. The smallest absolute Gasteiger partial charge is 0.387 e. The van der Waals surface area contributed by atoms with Gasteiger partial charge in [-0.1, -0.05) is 0 Å². The van der Waals surface area contributed by atoms with Crippen LogP contribution in [0.5, 0.6) is 11.5 Å².